The van der Waals surface area contributed by atoms with Gasteiger partial charge in [0.2, 0.25) is 0 Å². The van der Waals surface area contributed by atoms with E-state index in [0.29, 0.717) is 0 Å². The summed E-state index contributed by atoms with van der Waals surface area (Å²) in [4.78, 5) is 9.68. The third-order valence-corrected chi connectivity index (χ3v) is 6.46. The lowest BCUT2D eigenvalue weighted by Crippen LogP contribution is -2.62. The van der Waals surface area contributed by atoms with Crippen LogP contribution in [0.15, 0.2) is 4.99 Å². The third-order valence-electron chi connectivity index (χ3n) is 6.46. The Labute approximate surface area is 167 Å². The van der Waals surface area contributed by atoms with Crippen molar-refractivity contribution in [3.05, 3.63) is 0 Å². The maximum atomic E-state index is 5.67. The van der Waals surface area contributed by atoms with Crippen molar-refractivity contribution in [2.45, 2.75) is 64.5 Å². The zero-order chi connectivity index (χ0) is 19.9. The summed E-state index contributed by atoms with van der Waals surface area (Å²) in [5, 5.41) is 7.13. The first kappa shape index (κ1) is 22.4. The molecular weight excluding hydrogens is 338 g/mol. The van der Waals surface area contributed by atoms with Gasteiger partial charge < -0.3 is 20.3 Å². The van der Waals surface area contributed by atoms with E-state index < -0.39 is 0 Å². The lowest BCUT2D eigenvalue weighted by molar-refractivity contribution is 0.0160. The molecule has 2 fully saturated rings. The first-order chi connectivity index (χ1) is 12.8. The van der Waals surface area contributed by atoms with Crippen molar-refractivity contribution in [2.75, 3.05) is 60.5 Å². The van der Waals surface area contributed by atoms with Crippen LogP contribution in [0.2, 0.25) is 0 Å². The topological polar surface area (TPSA) is 52.1 Å². The van der Waals surface area contributed by atoms with E-state index >= 15 is 0 Å². The van der Waals surface area contributed by atoms with E-state index in [4.69, 9.17) is 4.74 Å². The van der Waals surface area contributed by atoms with Gasteiger partial charge in [-0.25, -0.2) is 0 Å². The summed E-state index contributed by atoms with van der Waals surface area (Å²) in [5.41, 5.74) is 0.360. The molecule has 6 nitrogen and oxygen atoms in total. The van der Waals surface area contributed by atoms with E-state index in [1.807, 2.05) is 7.05 Å². The Hall–Kier alpha value is -0.850. The number of likely N-dealkylation sites (tertiary alicyclic amines) is 2. The zero-order valence-electron chi connectivity index (χ0n) is 18.6. The van der Waals surface area contributed by atoms with Crippen molar-refractivity contribution in [3.8, 4) is 0 Å². The molecule has 0 amide bonds. The Morgan fingerprint density at radius 3 is 2.22 bits per heavy atom. The van der Waals surface area contributed by atoms with Gasteiger partial charge in [0.1, 0.15) is 0 Å². The molecule has 158 valence electrons. The number of aliphatic imine (C=N–C) groups is 1. The summed E-state index contributed by atoms with van der Waals surface area (Å²) < 4.78 is 5.67. The largest absolute Gasteiger partial charge is 0.379 e. The molecule has 2 saturated heterocycles. The van der Waals surface area contributed by atoms with E-state index in [9.17, 15) is 0 Å². The van der Waals surface area contributed by atoms with Crippen LogP contribution in [-0.4, -0.2) is 87.9 Å². The normalized spacial score (nSPS) is 23.9. The van der Waals surface area contributed by atoms with Gasteiger partial charge in [-0.2, -0.15) is 0 Å². The number of nitrogens with one attached hydrogen (secondary N) is 2. The molecule has 0 bridgehead atoms. The second kappa shape index (κ2) is 10.1. The average Bonchev–Trinajstić information content (AvgIpc) is 2.66. The fourth-order valence-corrected chi connectivity index (χ4v) is 4.41. The highest BCUT2D eigenvalue weighted by atomic mass is 16.5. The quantitative estimate of drug-likeness (QED) is 0.545. The summed E-state index contributed by atoms with van der Waals surface area (Å²) in [7, 11) is 5.89. The number of hydrogen-bond donors (Lipinski definition) is 2. The van der Waals surface area contributed by atoms with Crippen LogP contribution < -0.4 is 10.6 Å². The van der Waals surface area contributed by atoms with Gasteiger partial charge in [-0.15, -0.1) is 0 Å². The van der Waals surface area contributed by atoms with Crippen LogP contribution in [0.5, 0.6) is 0 Å². The molecule has 0 saturated carbocycles. The molecule has 1 atom stereocenters. The first-order valence-corrected chi connectivity index (χ1v) is 10.7. The Morgan fingerprint density at radius 2 is 1.70 bits per heavy atom. The number of methoxy groups -OCH3 is 1. The maximum Gasteiger partial charge on any atom is 0.191 e. The summed E-state index contributed by atoms with van der Waals surface area (Å²) >= 11 is 0. The molecule has 0 aliphatic carbocycles. The molecule has 0 radical (unpaired) electrons. The predicted molar refractivity (Wildman–Crippen MR) is 115 cm³/mol. The summed E-state index contributed by atoms with van der Waals surface area (Å²) in [6.45, 7) is 13.2. The van der Waals surface area contributed by atoms with Crippen LogP contribution in [-0.2, 0) is 4.74 Å². The van der Waals surface area contributed by atoms with Gasteiger partial charge in [0.15, 0.2) is 5.96 Å². The van der Waals surface area contributed by atoms with E-state index in [0.717, 1.165) is 19.0 Å². The lowest BCUT2D eigenvalue weighted by Gasteiger charge is -2.50. The van der Waals surface area contributed by atoms with Gasteiger partial charge in [0.05, 0.1) is 6.10 Å². The monoisotopic (exact) mass is 381 g/mol. The molecule has 0 aromatic heterocycles. The molecule has 1 unspecified atom stereocenters. The smallest absolute Gasteiger partial charge is 0.191 e. The Kier molecular flexibility index (Phi) is 8.38. The third kappa shape index (κ3) is 6.33. The SMILES string of the molecule is CN=C(NCC(OC)C(C)(C)C)NCC1(N2CCCCC2)CCN(C)CC1. The van der Waals surface area contributed by atoms with Crippen molar-refractivity contribution >= 4 is 5.96 Å². The summed E-state index contributed by atoms with van der Waals surface area (Å²) in [5.74, 6) is 0.886. The number of piperidine rings is 2. The summed E-state index contributed by atoms with van der Waals surface area (Å²) in [6.07, 6.45) is 6.67. The molecule has 2 aliphatic rings. The highest BCUT2D eigenvalue weighted by Gasteiger charge is 2.39. The van der Waals surface area contributed by atoms with Gasteiger partial charge >= 0.3 is 0 Å². The lowest BCUT2D eigenvalue weighted by atomic mass is 9.84. The van der Waals surface area contributed by atoms with Crippen molar-refractivity contribution in [3.63, 3.8) is 0 Å². The average molecular weight is 382 g/mol. The van der Waals surface area contributed by atoms with E-state index in [-0.39, 0.29) is 17.1 Å². The van der Waals surface area contributed by atoms with Crippen molar-refractivity contribution in [1.82, 2.24) is 20.4 Å². The van der Waals surface area contributed by atoms with Gasteiger partial charge in [-0.3, -0.25) is 9.89 Å². The summed E-state index contributed by atoms with van der Waals surface area (Å²) in [6, 6.07) is 0. The van der Waals surface area contributed by atoms with Gasteiger partial charge in [0.25, 0.3) is 0 Å². The van der Waals surface area contributed by atoms with Crippen molar-refractivity contribution in [1.29, 1.82) is 0 Å². The molecule has 2 aliphatic heterocycles. The van der Waals surface area contributed by atoms with Crippen LogP contribution in [0.25, 0.3) is 0 Å². The molecule has 2 heterocycles. The standard InChI is InChI=1S/C21H43N5O/c1-20(2,3)18(27-6)16-23-19(22-4)24-17-21(10-14-25(5)15-11-21)26-12-8-7-9-13-26/h18H,7-17H2,1-6H3,(H2,22,23,24). The number of rotatable bonds is 6. The molecule has 27 heavy (non-hydrogen) atoms. The van der Waals surface area contributed by atoms with Crippen molar-refractivity contribution in [2.24, 2.45) is 10.4 Å². The van der Waals surface area contributed by atoms with Gasteiger partial charge in [0, 0.05) is 32.8 Å². The maximum absolute atomic E-state index is 5.67. The minimum Gasteiger partial charge on any atom is -0.379 e. The number of nitrogens with zero attached hydrogens (tertiary/aromatic N) is 3. The van der Waals surface area contributed by atoms with Gasteiger partial charge in [-0.1, -0.05) is 27.2 Å². The zero-order valence-corrected chi connectivity index (χ0v) is 18.6. The van der Waals surface area contributed by atoms with E-state index in [2.05, 4.69) is 53.2 Å². The fraction of sp³-hybridized carbons (Fsp3) is 0.952. The number of guanidine groups is 1. The Balaban J connectivity index is 1.96. The second-order valence-electron chi connectivity index (χ2n) is 9.47. The number of ether oxygens (including phenoxy) is 1. The molecule has 2 N–H and O–H groups in total. The number of hydrogen-bond acceptors (Lipinski definition) is 4. The Morgan fingerprint density at radius 1 is 1.07 bits per heavy atom. The predicted octanol–water partition coefficient (Wildman–Crippen LogP) is 2.16. The highest BCUT2D eigenvalue weighted by Crippen LogP contribution is 2.30. The van der Waals surface area contributed by atoms with Gasteiger partial charge in [-0.05, 0) is 64.3 Å². The van der Waals surface area contributed by atoms with Crippen LogP contribution >= 0.6 is 0 Å². The molecule has 0 aromatic rings. The fourth-order valence-electron chi connectivity index (χ4n) is 4.41. The van der Waals surface area contributed by atoms with Crippen LogP contribution in [0.4, 0.5) is 0 Å². The molecular formula is C21H43N5O. The molecule has 2 rings (SSSR count). The van der Waals surface area contributed by atoms with Crippen LogP contribution in [0.1, 0.15) is 52.9 Å². The van der Waals surface area contributed by atoms with E-state index in [1.165, 1.54) is 58.3 Å². The minimum atomic E-state index is 0.101. The minimum absolute atomic E-state index is 0.101. The Bertz CT molecular complexity index is 460. The van der Waals surface area contributed by atoms with Crippen molar-refractivity contribution < 1.29 is 4.74 Å². The molecule has 0 spiro atoms. The highest BCUT2D eigenvalue weighted by molar-refractivity contribution is 5.79. The van der Waals surface area contributed by atoms with E-state index in [1.54, 1.807) is 7.11 Å². The second-order valence-corrected chi connectivity index (χ2v) is 9.47. The van der Waals surface area contributed by atoms with Crippen LogP contribution in [0.3, 0.4) is 0 Å². The molecule has 6 heteroatoms. The first-order valence-electron chi connectivity index (χ1n) is 10.7. The molecule has 0 aromatic carbocycles. The van der Waals surface area contributed by atoms with Crippen LogP contribution in [0, 0.1) is 5.41 Å².